The molecule has 0 fully saturated rings. The van der Waals surface area contributed by atoms with Crippen molar-refractivity contribution in [3.05, 3.63) is 76.5 Å². The Morgan fingerprint density at radius 3 is 2.59 bits per heavy atom. The highest BCUT2D eigenvalue weighted by atomic mass is 35.5. The molecule has 8 heteroatoms. The van der Waals surface area contributed by atoms with Gasteiger partial charge in [-0.25, -0.2) is 0 Å². The van der Waals surface area contributed by atoms with E-state index in [1.807, 2.05) is 6.07 Å². The summed E-state index contributed by atoms with van der Waals surface area (Å²) < 4.78 is 38.9. The van der Waals surface area contributed by atoms with Gasteiger partial charge in [0.1, 0.15) is 11.6 Å². The molecule has 0 unspecified atom stereocenters. The summed E-state index contributed by atoms with van der Waals surface area (Å²) in [4.78, 5) is 12.1. The minimum Gasteiger partial charge on any atom is -0.389 e. The maximum Gasteiger partial charge on any atom is 0.418 e. The number of amides is 1. The van der Waals surface area contributed by atoms with Gasteiger partial charge in [-0.05, 0) is 36.2 Å². The average Bonchev–Trinajstić information content (AvgIpc) is 2.61. The number of anilines is 1. The highest BCUT2D eigenvalue weighted by Gasteiger charge is 2.33. The number of carbonyl (C=O) groups is 1. The van der Waals surface area contributed by atoms with Gasteiger partial charge in [-0.1, -0.05) is 35.9 Å². The number of alkyl halides is 3. The number of para-hydroxylation sites is 1. The average molecular weight is 394 g/mol. The lowest BCUT2D eigenvalue weighted by Gasteiger charge is -2.13. The molecule has 0 aliphatic rings. The van der Waals surface area contributed by atoms with Crippen LogP contribution < -0.4 is 10.6 Å². The molecule has 2 rings (SSSR count). The van der Waals surface area contributed by atoms with Gasteiger partial charge in [-0.3, -0.25) is 4.79 Å². The van der Waals surface area contributed by atoms with Crippen molar-refractivity contribution < 1.29 is 18.0 Å². The van der Waals surface area contributed by atoms with Crippen LogP contribution in [0, 0.1) is 11.3 Å². The highest BCUT2D eigenvalue weighted by Crippen LogP contribution is 2.34. The number of carbonyl (C=O) groups excluding carboxylic acids is 1. The smallest absolute Gasteiger partial charge is 0.389 e. The Morgan fingerprint density at radius 1 is 1.19 bits per heavy atom. The van der Waals surface area contributed by atoms with Crippen LogP contribution in [0.5, 0.6) is 0 Å². The van der Waals surface area contributed by atoms with Crippen LogP contribution in [0.2, 0.25) is 5.02 Å². The molecular formula is C19H15ClF3N3O. The minimum absolute atomic E-state index is 0.335. The molecule has 0 aliphatic carbocycles. The summed E-state index contributed by atoms with van der Waals surface area (Å²) >= 11 is 5.89. The molecule has 1 amide bonds. The molecule has 4 nitrogen and oxygen atoms in total. The van der Waals surface area contributed by atoms with Crippen LogP contribution in [0.15, 0.2) is 60.3 Å². The molecule has 0 bridgehead atoms. The van der Waals surface area contributed by atoms with E-state index in [9.17, 15) is 18.0 Å². The van der Waals surface area contributed by atoms with E-state index in [0.29, 0.717) is 18.0 Å². The van der Waals surface area contributed by atoms with Gasteiger partial charge in [-0.2, -0.15) is 18.4 Å². The number of hydrogen-bond acceptors (Lipinski definition) is 3. The van der Waals surface area contributed by atoms with Gasteiger partial charge in [0.05, 0.1) is 11.3 Å². The van der Waals surface area contributed by atoms with E-state index in [2.05, 4.69) is 10.6 Å². The first-order chi connectivity index (χ1) is 12.8. The normalized spacial score (nSPS) is 11.6. The van der Waals surface area contributed by atoms with Gasteiger partial charge in [0.25, 0.3) is 5.91 Å². The van der Waals surface area contributed by atoms with E-state index in [1.165, 1.54) is 18.3 Å². The Bertz CT molecular complexity index is 888. The molecule has 0 spiro atoms. The molecule has 0 saturated heterocycles. The van der Waals surface area contributed by atoms with Crippen molar-refractivity contribution in [2.45, 2.75) is 12.6 Å². The quantitative estimate of drug-likeness (QED) is 0.430. The van der Waals surface area contributed by atoms with Crippen LogP contribution in [0.1, 0.15) is 11.1 Å². The molecule has 0 atom stereocenters. The van der Waals surface area contributed by atoms with Gasteiger partial charge < -0.3 is 10.6 Å². The summed E-state index contributed by atoms with van der Waals surface area (Å²) in [7, 11) is 0. The molecule has 2 aromatic rings. The second-order valence-electron chi connectivity index (χ2n) is 5.50. The second kappa shape index (κ2) is 9.10. The summed E-state index contributed by atoms with van der Waals surface area (Å²) in [5.41, 5.74) is -0.761. The molecule has 27 heavy (non-hydrogen) atoms. The topological polar surface area (TPSA) is 64.9 Å². The Hall–Kier alpha value is -2.98. The summed E-state index contributed by atoms with van der Waals surface area (Å²) in [5, 5.41) is 14.6. The van der Waals surface area contributed by atoms with E-state index < -0.39 is 23.3 Å². The molecular weight excluding hydrogens is 379 g/mol. The molecule has 0 aliphatic heterocycles. The van der Waals surface area contributed by atoms with E-state index in [-0.39, 0.29) is 5.57 Å². The molecule has 0 heterocycles. The molecule has 140 valence electrons. The first-order valence-electron chi connectivity index (χ1n) is 7.87. The van der Waals surface area contributed by atoms with Gasteiger partial charge in [0.15, 0.2) is 0 Å². The third-order valence-electron chi connectivity index (χ3n) is 3.54. The zero-order chi connectivity index (χ0) is 19.9. The fourth-order valence-electron chi connectivity index (χ4n) is 2.26. The standard InChI is InChI=1S/C19H15ClF3N3O/c20-15-5-3-4-13(10-15)8-9-25-12-14(11-24)18(27)26-17-7-2-1-6-16(17)19(21,22)23/h1-7,10,12,25H,8-9H2,(H,26,27)/b14-12-. The number of halogens is 4. The van der Waals surface area contributed by atoms with E-state index in [0.717, 1.165) is 17.7 Å². The van der Waals surface area contributed by atoms with Crippen molar-refractivity contribution in [1.29, 1.82) is 5.26 Å². The molecule has 2 N–H and O–H groups in total. The number of nitrogens with zero attached hydrogens (tertiary/aromatic N) is 1. The Kier molecular flexibility index (Phi) is 6.85. The van der Waals surface area contributed by atoms with Crippen molar-refractivity contribution in [1.82, 2.24) is 5.32 Å². The largest absolute Gasteiger partial charge is 0.418 e. The molecule has 0 saturated carbocycles. The first kappa shape index (κ1) is 20.3. The third-order valence-corrected chi connectivity index (χ3v) is 3.77. The number of hydrogen-bond donors (Lipinski definition) is 2. The molecule has 2 aromatic carbocycles. The summed E-state index contributed by atoms with van der Waals surface area (Å²) in [5.74, 6) is -0.926. The Morgan fingerprint density at radius 2 is 1.93 bits per heavy atom. The van der Waals surface area contributed by atoms with Crippen molar-refractivity contribution in [2.75, 3.05) is 11.9 Å². The van der Waals surface area contributed by atoms with Crippen LogP contribution in [0.4, 0.5) is 18.9 Å². The highest BCUT2D eigenvalue weighted by molar-refractivity contribution is 6.30. The Balaban J connectivity index is 2.00. The predicted molar refractivity (Wildman–Crippen MR) is 96.9 cm³/mol. The van der Waals surface area contributed by atoms with Crippen molar-refractivity contribution in [3.63, 3.8) is 0 Å². The van der Waals surface area contributed by atoms with Crippen LogP contribution >= 0.6 is 11.6 Å². The van der Waals surface area contributed by atoms with Crippen molar-refractivity contribution in [2.24, 2.45) is 0 Å². The van der Waals surface area contributed by atoms with Gasteiger partial charge >= 0.3 is 6.18 Å². The van der Waals surface area contributed by atoms with E-state index in [4.69, 9.17) is 16.9 Å². The lowest BCUT2D eigenvalue weighted by atomic mass is 10.1. The van der Waals surface area contributed by atoms with E-state index >= 15 is 0 Å². The van der Waals surface area contributed by atoms with Gasteiger partial charge in [0.2, 0.25) is 0 Å². The Labute approximate surface area is 159 Å². The third kappa shape index (κ3) is 6.04. The first-order valence-corrected chi connectivity index (χ1v) is 8.24. The van der Waals surface area contributed by atoms with Crippen LogP contribution in [0.3, 0.4) is 0 Å². The van der Waals surface area contributed by atoms with Gasteiger partial charge in [-0.15, -0.1) is 0 Å². The van der Waals surface area contributed by atoms with Gasteiger partial charge in [0, 0.05) is 17.8 Å². The number of rotatable bonds is 6. The second-order valence-corrected chi connectivity index (χ2v) is 5.94. The fourth-order valence-corrected chi connectivity index (χ4v) is 2.47. The van der Waals surface area contributed by atoms with Crippen molar-refractivity contribution >= 4 is 23.2 Å². The summed E-state index contributed by atoms with van der Waals surface area (Å²) in [6.45, 7) is 0.415. The lowest BCUT2D eigenvalue weighted by Crippen LogP contribution is -2.20. The van der Waals surface area contributed by atoms with Crippen LogP contribution in [0.25, 0.3) is 0 Å². The van der Waals surface area contributed by atoms with Crippen LogP contribution in [-0.4, -0.2) is 12.5 Å². The monoisotopic (exact) mass is 393 g/mol. The zero-order valence-corrected chi connectivity index (χ0v) is 14.7. The number of nitriles is 1. The number of benzene rings is 2. The summed E-state index contributed by atoms with van der Waals surface area (Å²) in [6, 6.07) is 13.5. The number of nitrogens with one attached hydrogen (secondary N) is 2. The van der Waals surface area contributed by atoms with Crippen molar-refractivity contribution in [3.8, 4) is 6.07 Å². The predicted octanol–water partition coefficient (Wildman–Crippen LogP) is 4.54. The maximum absolute atomic E-state index is 13.0. The summed E-state index contributed by atoms with van der Waals surface area (Å²) in [6.07, 6.45) is -2.85. The fraction of sp³-hybridized carbons (Fsp3) is 0.158. The maximum atomic E-state index is 13.0. The molecule has 0 radical (unpaired) electrons. The molecule has 0 aromatic heterocycles. The minimum atomic E-state index is -4.62. The van der Waals surface area contributed by atoms with Crippen LogP contribution in [-0.2, 0) is 17.4 Å². The zero-order valence-electron chi connectivity index (χ0n) is 14.0. The van der Waals surface area contributed by atoms with E-state index in [1.54, 1.807) is 24.3 Å². The lowest BCUT2D eigenvalue weighted by molar-refractivity contribution is -0.137. The SMILES string of the molecule is N#C/C(=C/NCCc1cccc(Cl)c1)C(=O)Nc1ccccc1C(F)(F)F.